The van der Waals surface area contributed by atoms with Gasteiger partial charge in [-0.05, 0) is 30.5 Å². The van der Waals surface area contributed by atoms with Crippen molar-refractivity contribution in [2.24, 2.45) is 0 Å². The molecule has 0 unspecified atom stereocenters. The van der Waals surface area contributed by atoms with E-state index < -0.39 is 11.5 Å². The predicted octanol–water partition coefficient (Wildman–Crippen LogP) is 3.83. The van der Waals surface area contributed by atoms with Gasteiger partial charge >= 0.3 is 5.97 Å². The number of para-hydroxylation sites is 2. The number of pyridine rings is 1. The van der Waals surface area contributed by atoms with Crippen molar-refractivity contribution >= 4 is 39.8 Å². The minimum atomic E-state index is -0.682. The van der Waals surface area contributed by atoms with Gasteiger partial charge in [0.25, 0.3) is 5.56 Å². The second kappa shape index (κ2) is 8.17. The lowest BCUT2D eigenvalue weighted by Gasteiger charge is -2.31. The number of nitrogens with zero attached hydrogens (tertiary/aromatic N) is 1. The van der Waals surface area contributed by atoms with Gasteiger partial charge in [0.2, 0.25) is 0 Å². The summed E-state index contributed by atoms with van der Waals surface area (Å²) in [5, 5.41) is 4.39. The first-order chi connectivity index (χ1) is 14.1. The SMILES string of the molecule is COC(=O)c1c(NCCN2CCCc3ccccc32)c2cccc(Cl)c2[nH]c1=O. The number of methoxy groups -OCH3 is 1. The zero-order valence-electron chi connectivity index (χ0n) is 16.1. The summed E-state index contributed by atoms with van der Waals surface area (Å²) in [6.45, 7) is 2.28. The van der Waals surface area contributed by atoms with Gasteiger partial charge in [0, 0.05) is 30.7 Å². The van der Waals surface area contributed by atoms with Crippen LogP contribution in [0.5, 0.6) is 0 Å². The quantitative estimate of drug-likeness (QED) is 0.624. The smallest absolute Gasteiger partial charge is 0.345 e. The fraction of sp³-hybridized carbons (Fsp3) is 0.273. The highest BCUT2D eigenvalue weighted by molar-refractivity contribution is 6.35. The van der Waals surface area contributed by atoms with Gasteiger partial charge in [-0.1, -0.05) is 41.9 Å². The Morgan fingerprint density at radius 1 is 1.24 bits per heavy atom. The lowest BCUT2D eigenvalue weighted by Crippen LogP contribution is -2.34. The van der Waals surface area contributed by atoms with Crippen LogP contribution in [0.4, 0.5) is 11.4 Å². The Morgan fingerprint density at radius 3 is 2.90 bits per heavy atom. The van der Waals surface area contributed by atoms with Crippen LogP contribution < -0.4 is 15.8 Å². The van der Waals surface area contributed by atoms with E-state index in [2.05, 4.69) is 33.4 Å². The fourth-order valence-corrected chi connectivity index (χ4v) is 4.15. The topological polar surface area (TPSA) is 74.4 Å². The van der Waals surface area contributed by atoms with Gasteiger partial charge in [-0.3, -0.25) is 4.79 Å². The van der Waals surface area contributed by atoms with Crippen LogP contribution >= 0.6 is 11.6 Å². The first kappa shape index (κ1) is 19.3. The summed E-state index contributed by atoms with van der Waals surface area (Å²) in [6.07, 6.45) is 2.19. The maximum Gasteiger partial charge on any atom is 0.345 e. The van der Waals surface area contributed by atoms with Crippen LogP contribution in [-0.2, 0) is 11.2 Å². The van der Waals surface area contributed by atoms with Crippen molar-refractivity contribution in [2.75, 3.05) is 37.0 Å². The number of rotatable bonds is 5. The summed E-state index contributed by atoms with van der Waals surface area (Å²) >= 11 is 6.26. The van der Waals surface area contributed by atoms with Crippen LogP contribution in [0.2, 0.25) is 5.02 Å². The predicted molar refractivity (Wildman–Crippen MR) is 116 cm³/mol. The number of benzene rings is 2. The average molecular weight is 412 g/mol. The minimum absolute atomic E-state index is 0.0405. The highest BCUT2D eigenvalue weighted by Crippen LogP contribution is 2.29. The number of aromatic amines is 1. The molecule has 4 rings (SSSR count). The Hall–Kier alpha value is -2.99. The molecule has 1 aromatic heterocycles. The maximum atomic E-state index is 12.6. The standard InChI is InChI=1S/C22H22ClN3O3/c1-29-22(28)18-20(15-8-4-9-16(23)19(15)25-21(18)27)24-11-13-26-12-5-7-14-6-2-3-10-17(14)26/h2-4,6,8-10H,5,7,11-13H2,1H3,(H2,24,25,27). The number of carbonyl (C=O) groups excluding carboxylic acids is 1. The van der Waals surface area contributed by atoms with Crippen molar-refractivity contribution in [1.29, 1.82) is 0 Å². The molecule has 2 heterocycles. The number of fused-ring (bicyclic) bond motifs is 2. The first-order valence-electron chi connectivity index (χ1n) is 9.59. The highest BCUT2D eigenvalue weighted by Gasteiger charge is 2.21. The zero-order chi connectivity index (χ0) is 20.4. The Labute approximate surface area is 173 Å². The molecule has 1 aliphatic rings. The van der Waals surface area contributed by atoms with Crippen LogP contribution in [0.25, 0.3) is 10.9 Å². The number of aryl methyl sites for hydroxylation is 1. The van der Waals surface area contributed by atoms with Crippen molar-refractivity contribution in [3.05, 3.63) is 69.0 Å². The second-order valence-corrected chi connectivity index (χ2v) is 7.41. The third-order valence-electron chi connectivity index (χ3n) is 5.28. The van der Waals surface area contributed by atoms with Gasteiger partial charge in [-0.25, -0.2) is 4.79 Å². The molecule has 0 fully saturated rings. The number of halogens is 1. The molecule has 150 valence electrons. The Balaban J connectivity index is 1.65. The van der Waals surface area contributed by atoms with Gasteiger partial charge < -0.3 is 19.9 Å². The third-order valence-corrected chi connectivity index (χ3v) is 5.59. The number of anilines is 2. The molecule has 0 radical (unpaired) electrons. The molecule has 29 heavy (non-hydrogen) atoms. The number of carbonyl (C=O) groups is 1. The van der Waals surface area contributed by atoms with Gasteiger partial charge in [0.15, 0.2) is 0 Å². The van der Waals surface area contributed by atoms with E-state index in [1.54, 1.807) is 12.1 Å². The summed E-state index contributed by atoms with van der Waals surface area (Å²) in [5.41, 5.74) is 2.97. The number of hydrogen-bond acceptors (Lipinski definition) is 5. The summed E-state index contributed by atoms with van der Waals surface area (Å²) in [7, 11) is 1.26. The zero-order valence-corrected chi connectivity index (χ0v) is 16.9. The second-order valence-electron chi connectivity index (χ2n) is 7.00. The number of nitrogens with one attached hydrogen (secondary N) is 2. The van der Waals surface area contributed by atoms with E-state index >= 15 is 0 Å². The van der Waals surface area contributed by atoms with Crippen LogP contribution in [0.15, 0.2) is 47.3 Å². The van der Waals surface area contributed by atoms with Gasteiger partial charge in [-0.2, -0.15) is 0 Å². The molecule has 3 aromatic rings. The first-order valence-corrected chi connectivity index (χ1v) is 9.97. The normalized spacial score (nSPS) is 13.2. The minimum Gasteiger partial charge on any atom is -0.465 e. The number of H-pyrrole nitrogens is 1. The van der Waals surface area contributed by atoms with E-state index in [1.165, 1.54) is 18.4 Å². The molecule has 7 heteroatoms. The number of hydrogen-bond donors (Lipinski definition) is 2. The Bertz CT molecular complexity index is 1130. The number of esters is 1. The third kappa shape index (κ3) is 3.68. The van der Waals surface area contributed by atoms with Crippen LogP contribution in [0, 0.1) is 0 Å². The van der Waals surface area contributed by atoms with E-state index in [1.807, 2.05) is 12.1 Å². The van der Waals surface area contributed by atoms with Crippen LogP contribution in [0.1, 0.15) is 22.3 Å². The molecule has 0 saturated heterocycles. The fourth-order valence-electron chi connectivity index (χ4n) is 3.92. The van der Waals surface area contributed by atoms with Crippen LogP contribution in [0.3, 0.4) is 0 Å². The molecule has 1 aliphatic heterocycles. The van der Waals surface area contributed by atoms with E-state index in [-0.39, 0.29) is 5.56 Å². The maximum absolute atomic E-state index is 12.6. The lowest BCUT2D eigenvalue weighted by atomic mass is 10.0. The number of ether oxygens (including phenoxy) is 1. The molecule has 0 spiro atoms. The van der Waals surface area contributed by atoms with Gasteiger partial charge in [0.05, 0.1) is 23.3 Å². The summed E-state index contributed by atoms with van der Waals surface area (Å²) in [6, 6.07) is 13.7. The highest BCUT2D eigenvalue weighted by atomic mass is 35.5. The van der Waals surface area contributed by atoms with Crippen molar-refractivity contribution in [3.63, 3.8) is 0 Å². The Kier molecular flexibility index (Phi) is 5.45. The van der Waals surface area contributed by atoms with Gasteiger partial charge in [0.1, 0.15) is 5.56 Å². The van der Waals surface area contributed by atoms with Gasteiger partial charge in [-0.15, -0.1) is 0 Å². The molecule has 2 aromatic carbocycles. The van der Waals surface area contributed by atoms with Crippen molar-refractivity contribution < 1.29 is 9.53 Å². The van der Waals surface area contributed by atoms with E-state index in [0.29, 0.717) is 28.2 Å². The summed E-state index contributed by atoms with van der Waals surface area (Å²) in [4.78, 5) is 29.9. The number of aromatic nitrogens is 1. The molecule has 0 atom stereocenters. The summed E-state index contributed by atoms with van der Waals surface area (Å²) in [5.74, 6) is -0.682. The molecule has 0 aliphatic carbocycles. The molecule has 0 amide bonds. The van der Waals surface area contributed by atoms with Crippen molar-refractivity contribution in [3.8, 4) is 0 Å². The molecule has 6 nitrogen and oxygen atoms in total. The molecule has 2 N–H and O–H groups in total. The molecule has 0 saturated carbocycles. The molecular formula is C22H22ClN3O3. The van der Waals surface area contributed by atoms with Crippen molar-refractivity contribution in [2.45, 2.75) is 12.8 Å². The Morgan fingerprint density at radius 2 is 2.07 bits per heavy atom. The lowest BCUT2D eigenvalue weighted by molar-refractivity contribution is 0.0600. The van der Waals surface area contributed by atoms with Crippen molar-refractivity contribution in [1.82, 2.24) is 4.98 Å². The van der Waals surface area contributed by atoms with E-state index in [4.69, 9.17) is 16.3 Å². The van der Waals surface area contributed by atoms with E-state index in [0.717, 1.165) is 25.9 Å². The largest absolute Gasteiger partial charge is 0.465 e. The van der Waals surface area contributed by atoms with E-state index in [9.17, 15) is 9.59 Å². The summed E-state index contributed by atoms with van der Waals surface area (Å²) < 4.78 is 4.84. The van der Waals surface area contributed by atoms with Crippen LogP contribution in [-0.4, -0.2) is 37.7 Å². The average Bonchev–Trinajstić information content (AvgIpc) is 2.74. The molecule has 0 bridgehead atoms. The molecular weight excluding hydrogens is 390 g/mol. The monoisotopic (exact) mass is 411 g/mol.